The SMILES string of the molecule is COc1cccc(C[C@@]2(C(=O)O)CN(c3nccs3)CC[C@H]2O)c1. The molecule has 1 fully saturated rings. The Balaban J connectivity index is 1.91. The monoisotopic (exact) mass is 348 g/mol. The van der Waals surface area contributed by atoms with Crippen molar-refractivity contribution in [3.8, 4) is 5.75 Å². The number of piperidine rings is 1. The van der Waals surface area contributed by atoms with E-state index in [2.05, 4.69) is 4.98 Å². The first-order chi connectivity index (χ1) is 11.5. The van der Waals surface area contributed by atoms with E-state index in [1.807, 2.05) is 34.5 Å². The predicted octanol–water partition coefficient (Wildman–Crippen LogP) is 2.04. The highest BCUT2D eigenvalue weighted by molar-refractivity contribution is 7.13. The van der Waals surface area contributed by atoms with Gasteiger partial charge in [-0.2, -0.15) is 0 Å². The van der Waals surface area contributed by atoms with Crippen LogP contribution in [0.1, 0.15) is 12.0 Å². The van der Waals surface area contributed by atoms with Crippen LogP contribution in [-0.4, -0.2) is 47.5 Å². The van der Waals surface area contributed by atoms with Crippen molar-refractivity contribution in [3.05, 3.63) is 41.4 Å². The molecule has 1 aromatic carbocycles. The molecule has 1 aliphatic rings. The van der Waals surface area contributed by atoms with Gasteiger partial charge in [0.1, 0.15) is 11.2 Å². The molecule has 7 heteroatoms. The van der Waals surface area contributed by atoms with Gasteiger partial charge < -0.3 is 19.8 Å². The predicted molar refractivity (Wildman–Crippen MR) is 91.7 cm³/mol. The van der Waals surface area contributed by atoms with E-state index in [0.29, 0.717) is 18.7 Å². The van der Waals surface area contributed by atoms with Crippen LogP contribution in [0.3, 0.4) is 0 Å². The number of aliphatic hydroxyl groups excluding tert-OH is 1. The van der Waals surface area contributed by atoms with E-state index in [1.54, 1.807) is 13.3 Å². The number of carboxylic acids is 1. The lowest BCUT2D eigenvalue weighted by molar-refractivity contribution is -0.157. The zero-order valence-electron chi connectivity index (χ0n) is 13.4. The molecule has 24 heavy (non-hydrogen) atoms. The first-order valence-electron chi connectivity index (χ1n) is 7.74. The van der Waals surface area contributed by atoms with Gasteiger partial charge >= 0.3 is 5.97 Å². The van der Waals surface area contributed by atoms with E-state index >= 15 is 0 Å². The van der Waals surface area contributed by atoms with Gasteiger partial charge in [0.15, 0.2) is 5.13 Å². The molecule has 0 amide bonds. The molecule has 0 aliphatic carbocycles. The van der Waals surface area contributed by atoms with Crippen LogP contribution in [0.2, 0.25) is 0 Å². The molecule has 2 atom stereocenters. The van der Waals surface area contributed by atoms with Gasteiger partial charge in [-0.15, -0.1) is 11.3 Å². The summed E-state index contributed by atoms with van der Waals surface area (Å²) in [5.74, 6) is -0.311. The van der Waals surface area contributed by atoms with E-state index in [0.717, 1.165) is 10.7 Å². The lowest BCUT2D eigenvalue weighted by Gasteiger charge is -2.43. The normalized spacial score (nSPS) is 23.9. The Kier molecular flexibility index (Phi) is 4.73. The maximum Gasteiger partial charge on any atom is 0.314 e. The first kappa shape index (κ1) is 16.7. The molecule has 6 nitrogen and oxygen atoms in total. The highest BCUT2D eigenvalue weighted by Crippen LogP contribution is 2.37. The van der Waals surface area contributed by atoms with Crippen molar-refractivity contribution < 1.29 is 19.7 Å². The smallest absolute Gasteiger partial charge is 0.314 e. The molecule has 2 aromatic rings. The van der Waals surface area contributed by atoms with Crippen molar-refractivity contribution in [2.24, 2.45) is 5.41 Å². The number of aliphatic carboxylic acids is 1. The Morgan fingerprint density at radius 1 is 1.54 bits per heavy atom. The zero-order chi connectivity index (χ0) is 17.2. The third-order valence-corrected chi connectivity index (χ3v) is 5.39. The number of hydrogen-bond donors (Lipinski definition) is 2. The van der Waals surface area contributed by atoms with Crippen LogP contribution in [0, 0.1) is 5.41 Å². The minimum absolute atomic E-state index is 0.230. The molecule has 128 valence electrons. The number of ether oxygens (including phenoxy) is 1. The molecule has 0 saturated carbocycles. The number of benzene rings is 1. The Hall–Kier alpha value is -2.12. The second kappa shape index (κ2) is 6.78. The summed E-state index contributed by atoms with van der Waals surface area (Å²) in [6.45, 7) is 0.829. The van der Waals surface area contributed by atoms with Crippen molar-refractivity contribution in [1.82, 2.24) is 4.98 Å². The second-order valence-electron chi connectivity index (χ2n) is 6.03. The fourth-order valence-electron chi connectivity index (χ4n) is 3.22. The van der Waals surface area contributed by atoms with E-state index in [-0.39, 0.29) is 13.0 Å². The summed E-state index contributed by atoms with van der Waals surface area (Å²) >= 11 is 1.48. The number of hydrogen-bond acceptors (Lipinski definition) is 6. The highest BCUT2D eigenvalue weighted by Gasteiger charge is 2.49. The van der Waals surface area contributed by atoms with E-state index in [4.69, 9.17) is 4.74 Å². The summed E-state index contributed by atoms with van der Waals surface area (Å²) in [4.78, 5) is 18.4. The summed E-state index contributed by atoms with van der Waals surface area (Å²) in [7, 11) is 1.58. The Bertz CT molecular complexity index is 706. The van der Waals surface area contributed by atoms with Crippen LogP contribution in [0.5, 0.6) is 5.75 Å². The fraction of sp³-hybridized carbons (Fsp3) is 0.412. The van der Waals surface area contributed by atoms with Crippen LogP contribution in [0.4, 0.5) is 5.13 Å². The highest BCUT2D eigenvalue weighted by atomic mass is 32.1. The molecule has 1 aliphatic heterocycles. The standard InChI is InChI=1S/C17H20N2O4S/c1-23-13-4-2-3-12(9-13)10-17(15(21)22)11-19(7-5-14(17)20)16-18-6-8-24-16/h2-4,6,8-9,14,20H,5,7,10-11H2,1H3,(H,21,22)/t14-,17-/m1/s1. The first-order valence-corrected chi connectivity index (χ1v) is 8.62. The molecule has 3 rings (SSSR count). The maximum absolute atomic E-state index is 12.1. The van der Waals surface area contributed by atoms with Crippen LogP contribution in [-0.2, 0) is 11.2 Å². The molecule has 0 radical (unpaired) electrons. The van der Waals surface area contributed by atoms with Gasteiger partial charge in [0.25, 0.3) is 0 Å². The number of rotatable bonds is 5. The minimum Gasteiger partial charge on any atom is -0.497 e. The molecule has 1 saturated heterocycles. The third-order valence-electron chi connectivity index (χ3n) is 4.55. The lowest BCUT2D eigenvalue weighted by Crippen LogP contribution is -2.57. The van der Waals surface area contributed by atoms with E-state index < -0.39 is 17.5 Å². The topological polar surface area (TPSA) is 82.9 Å². The number of aliphatic hydroxyl groups is 1. The van der Waals surface area contributed by atoms with Gasteiger partial charge in [0.2, 0.25) is 0 Å². The molecule has 1 aromatic heterocycles. The lowest BCUT2D eigenvalue weighted by atomic mass is 9.73. The van der Waals surface area contributed by atoms with Crippen molar-refractivity contribution in [3.63, 3.8) is 0 Å². The summed E-state index contributed by atoms with van der Waals surface area (Å²) in [6, 6.07) is 7.33. The molecular weight excluding hydrogens is 328 g/mol. The Morgan fingerprint density at radius 2 is 2.38 bits per heavy atom. The third kappa shape index (κ3) is 3.09. The van der Waals surface area contributed by atoms with Crippen LogP contribution < -0.4 is 9.64 Å². The fourth-order valence-corrected chi connectivity index (χ4v) is 3.89. The van der Waals surface area contributed by atoms with Crippen molar-refractivity contribution >= 4 is 22.4 Å². The van der Waals surface area contributed by atoms with Gasteiger partial charge in [0.05, 0.1) is 13.2 Å². The number of anilines is 1. The van der Waals surface area contributed by atoms with Crippen LogP contribution in [0.25, 0.3) is 0 Å². The largest absolute Gasteiger partial charge is 0.497 e. The number of methoxy groups -OCH3 is 1. The van der Waals surface area contributed by atoms with Crippen molar-refractivity contribution in [2.45, 2.75) is 18.9 Å². The van der Waals surface area contributed by atoms with Crippen LogP contribution >= 0.6 is 11.3 Å². The summed E-state index contributed by atoms with van der Waals surface area (Å²) in [6.07, 6.45) is 1.44. The number of carboxylic acid groups (broad SMARTS) is 1. The van der Waals surface area contributed by atoms with Crippen molar-refractivity contribution in [1.29, 1.82) is 0 Å². The average molecular weight is 348 g/mol. The van der Waals surface area contributed by atoms with Gasteiger partial charge in [-0.05, 0) is 30.5 Å². The molecule has 2 N–H and O–H groups in total. The van der Waals surface area contributed by atoms with Gasteiger partial charge in [0, 0.05) is 24.7 Å². The molecule has 0 spiro atoms. The number of aromatic nitrogens is 1. The quantitative estimate of drug-likeness (QED) is 0.860. The molecule has 0 bridgehead atoms. The minimum atomic E-state index is -1.27. The molecule has 0 unspecified atom stereocenters. The van der Waals surface area contributed by atoms with Gasteiger partial charge in [-0.3, -0.25) is 4.79 Å². The summed E-state index contributed by atoms with van der Waals surface area (Å²) in [5.41, 5.74) is -0.437. The Labute approximate surface area is 144 Å². The summed E-state index contributed by atoms with van der Waals surface area (Å²) in [5, 5.41) is 23.1. The number of thiazole rings is 1. The Morgan fingerprint density at radius 3 is 3.04 bits per heavy atom. The number of nitrogens with zero attached hydrogens (tertiary/aromatic N) is 2. The van der Waals surface area contributed by atoms with Gasteiger partial charge in [-0.25, -0.2) is 4.98 Å². The summed E-state index contributed by atoms with van der Waals surface area (Å²) < 4.78 is 5.22. The second-order valence-corrected chi connectivity index (χ2v) is 6.90. The molecule has 2 heterocycles. The van der Waals surface area contributed by atoms with Gasteiger partial charge in [-0.1, -0.05) is 12.1 Å². The average Bonchev–Trinajstić information content (AvgIpc) is 3.11. The van der Waals surface area contributed by atoms with E-state index in [1.165, 1.54) is 11.3 Å². The molecular formula is C17H20N2O4S. The zero-order valence-corrected chi connectivity index (χ0v) is 14.2. The van der Waals surface area contributed by atoms with Crippen molar-refractivity contribution in [2.75, 3.05) is 25.1 Å². The number of carbonyl (C=O) groups is 1. The van der Waals surface area contributed by atoms with Crippen LogP contribution in [0.15, 0.2) is 35.8 Å². The van der Waals surface area contributed by atoms with E-state index in [9.17, 15) is 15.0 Å². The maximum atomic E-state index is 12.1.